The van der Waals surface area contributed by atoms with Crippen LogP contribution in [0.2, 0.25) is 0 Å². The van der Waals surface area contributed by atoms with E-state index >= 15 is 0 Å². The minimum Gasteiger partial charge on any atom is -0.508 e. The minimum absolute atomic E-state index is 0.145. The molecule has 44 heavy (non-hydrogen) atoms. The molecule has 3 aromatic rings. The van der Waals surface area contributed by atoms with Crippen LogP contribution >= 0.6 is 0 Å². The van der Waals surface area contributed by atoms with Gasteiger partial charge in [-0.3, -0.25) is 4.79 Å². The van der Waals surface area contributed by atoms with E-state index < -0.39 is 96.6 Å². The molecule has 2 aliphatic rings. The van der Waals surface area contributed by atoms with Gasteiger partial charge in [0.15, 0.2) is 5.76 Å². The largest absolute Gasteiger partial charge is 0.508 e. The van der Waals surface area contributed by atoms with Crippen LogP contribution in [-0.4, -0.2) is 119 Å². The van der Waals surface area contributed by atoms with Gasteiger partial charge in [0.1, 0.15) is 70.9 Å². The number of hydrogen-bond acceptors (Lipinski definition) is 15. The van der Waals surface area contributed by atoms with Crippen molar-refractivity contribution < 1.29 is 69.7 Å². The summed E-state index contributed by atoms with van der Waals surface area (Å²) in [5, 5.41) is 102. The highest BCUT2D eigenvalue weighted by molar-refractivity contribution is 5.88. The predicted octanol–water partition coefficient (Wildman–Crippen LogP) is -1.80. The number of aliphatic hydroxyl groups excluding tert-OH is 8. The molecule has 0 amide bonds. The van der Waals surface area contributed by atoms with E-state index in [1.165, 1.54) is 18.2 Å². The third-order valence-electron chi connectivity index (χ3n) is 8.08. The Bertz CT molecular complexity index is 1550. The van der Waals surface area contributed by atoms with Gasteiger partial charge < -0.3 is 69.7 Å². The fraction of sp³-hybridized carbons (Fsp3) is 0.483. The van der Waals surface area contributed by atoms with Gasteiger partial charge in [0.05, 0.1) is 12.7 Å². The average Bonchev–Trinajstić information content (AvgIpc) is 2.99. The molecule has 5 rings (SSSR count). The highest BCUT2D eigenvalue weighted by Crippen LogP contribution is 2.39. The first-order valence-corrected chi connectivity index (χ1v) is 13.8. The second kappa shape index (κ2) is 12.5. The summed E-state index contributed by atoms with van der Waals surface area (Å²) in [6, 6.07) is 6.47. The first-order valence-electron chi connectivity index (χ1n) is 13.8. The zero-order valence-corrected chi connectivity index (χ0v) is 23.3. The number of rotatable bonds is 7. The number of aliphatic hydroxyl groups is 8. The van der Waals surface area contributed by atoms with Gasteiger partial charge in [-0.1, -0.05) is 12.1 Å². The Labute approximate surface area is 249 Å². The molecule has 0 radical (unpaired) electrons. The maximum Gasteiger partial charge on any atom is 0.239 e. The lowest BCUT2D eigenvalue weighted by Crippen LogP contribution is -2.60. The van der Waals surface area contributed by atoms with Gasteiger partial charge in [-0.15, -0.1) is 0 Å². The SMILES string of the molecule is Cc1ccc(-c2oc3cc(OC4OC(CO)C(O)C(O)C4O)cc(O)c3c(=O)c2OC2CC(CO)C(O)C(O)C2O)cc1O. The molecule has 10 N–H and O–H groups in total. The van der Waals surface area contributed by atoms with Crippen molar-refractivity contribution in [2.75, 3.05) is 13.2 Å². The van der Waals surface area contributed by atoms with Crippen LogP contribution in [0.25, 0.3) is 22.3 Å². The average molecular weight is 623 g/mol. The van der Waals surface area contributed by atoms with Crippen molar-refractivity contribution in [3.8, 4) is 34.3 Å². The van der Waals surface area contributed by atoms with Crippen LogP contribution in [0.1, 0.15) is 12.0 Å². The second-order valence-corrected chi connectivity index (χ2v) is 11.0. The van der Waals surface area contributed by atoms with E-state index in [-0.39, 0.29) is 34.8 Å². The van der Waals surface area contributed by atoms with Crippen molar-refractivity contribution in [3.05, 3.63) is 46.1 Å². The molecule has 10 unspecified atom stereocenters. The van der Waals surface area contributed by atoms with Crippen molar-refractivity contribution in [1.29, 1.82) is 0 Å². The monoisotopic (exact) mass is 622 g/mol. The highest BCUT2D eigenvalue weighted by Gasteiger charge is 2.46. The Morgan fingerprint density at radius 1 is 0.818 bits per heavy atom. The summed E-state index contributed by atoms with van der Waals surface area (Å²) in [7, 11) is 0. The first-order chi connectivity index (χ1) is 20.9. The normalized spacial score (nSPS) is 32.5. The molecule has 15 heteroatoms. The van der Waals surface area contributed by atoms with Crippen LogP contribution < -0.4 is 14.9 Å². The molecule has 1 saturated heterocycles. The number of phenolic OH excluding ortho intramolecular Hbond substituents is 2. The molecule has 240 valence electrons. The van der Waals surface area contributed by atoms with Gasteiger partial charge in [-0.2, -0.15) is 0 Å². The van der Waals surface area contributed by atoms with Gasteiger partial charge in [0.2, 0.25) is 17.5 Å². The van der Waals surface area contributed by atoms with E-state index in [1.807, 2.05) is 0 Å². The number of benzene rings is 2. The Morgan fingerprint density at radius 3 is 2.18 bits per heavy atom. The van der Waals surface area contributed by atoms with Crippen LogP contribution in [0.5, 0.6) is 23.0 Å². The number of hydrogen-bond donors (Lipinski definition) is 10. The van der Waals surface area contributed by atoms with Crippen molar-refractivity contribution in [2.24, 2.45) is 5.92 Å². The summed E-state index contributed by atoms with van der Waals surface area (Å²) >= 11 is 0. The standard InChI is InChI=1S/C29H34O15/c1-10-2-3-11(4-14(10)32)27-28(43-17-5-12(8-30)20(34)24(38)21(17)35)23(37)19-15(33)6-13(7-16(19)42-27)41-29-26(40)25(39)22(36)18(9-31)44-29/h2-4,6-7,12,17-18,20-22,24-26,29-36,38-40H,5,8-9H2,1H3. The zero-order chi connectivity index (χ0) is 32.0. The molecule has 0 spiro atoms. The third kappa shape index (κ3) is 5.69. The van der Waals surface area contributed by atoms with Crippen LogP contribution in [-0.2, 0) is 4.74 Å². The number of phenols is 2. The Hall–Kier alpha value is -3.51. The van der Waals surface area contributed by atoms with Crippen LogP contribution in [0.15, 0.2) is 39.5 Å². The number of aromatic hydroxyl groups is 2. The summed E-state index contributed by atoms with van der Waals surface area (Å²) in [4.78, 5) is 13.8. The lowest BCUT2D eigenvalue weighted by molar-refractivity contribution is -0.277. The summed E-state index contributed by atoms with van der Waals surface area (Å²) in [6.45, 7) is 0.380. The first kappa shape index (κ1) is 31.9. The van der Waals surface area contributed by atoms with Crippen molar-refractivity contribution in [1.82, 2.24) is 0 Å². The Kier molecular flexibility index (Phi) is 9.04. The molecule has 1 aliphatic carbocycles. The Balaban J connectivity index is 1.60. The molecular formula is C29H34O15. The van der Waals surface area contributed by atoms with Gasteiger partial charge in [0.25, 0.3) is 0 Å². The summed E-state index contributed by atoms with van der Waals surface area (Å²) in [6.07, 6.45) is -14.3. The van der Waals surface area contributed by atoms with E-state index in [9.17, 15) is 55.9 Å². The van der Waals surface area contributed by atoms with Gasteiger partial charge in [0, 0.05) is 30.2 Å². The predicted molar refractivity (Wildman–Crippen MR) is 148 cm³/mol. The van der Waals surface area contributed by atoms with E-state index in [2.05, 4.69) is 0 Å². The minimum atomic E-state index is -1.77. The highest BCUT2D eigenvalue weighted by atomic mass is 16.7. The molecule has 1 aromatic heterocycles. The zero-order valence-electron chi connectivity index (χ0n) is 23.3. The van der Waals surface area contributed by atoms with E-state index in [1.54, 1.807) is 6.92 Å². The quantitative estimate of drug-likeness (QED) is 0.139. The molecule has 15 nitrogen and oxygen atoms in total. The maximum absolute atomic E-state index is 13.8. The molecule has 10 atom stereocenters. The summed E-state index contributed by atoms with van der Waals surface area (Å²) in [5.41, 5.74) is -0.541. The summed E-state index contributed by atoms with van der Waals surface area (Å²) in [5.74, 6) is -2.70. The molecule has 2 fully saturated rings. The fourth-order valence-corrected chi connectivity index (χ4v) is 5.40. The number of ether oxygens (including phenoxy) is 3. The van der Waals surface area contributed by atoms with Crippen LogP contribution in [0.3, 0.4) is 0 Å². The molecule has 2 aromatic carbocycles. The van der Waals surface area contributed by atoms with Crippen LogP contribution in [0.4, 0.5) is 0 Å². The number of fused-ring (bicyclic) bond motifs is 1. The lowest BCUT2D eigenvalue weighted by atomic mass is 9.81. The summed E-state index contributed by atoms with van der Waals surface area (Å²) < 4.78 is 22.8. The van der Waals surface area contributed by atoms with E-state index in [4.69, 9.17) is 18.6 Å². The molecule has 2 heterocycles. The fourth-order valence-electron chi connectivity index (χ4n) is 5.40. The van der Waals surface area contributed by atoms with Crippen molar-refractivity contribution in [2.45, 2.75) is 68.5 Å². The molecule has 1 aliphatic heterocycles. The smallest absolute Gasteiger partial charge is 0.239 e. The van der Waals surface area contributed by atoms with Crippen molar-refractivity contribution in [3.63, 3.8) is 0 Å². The topological polar surface area (TPSA) is 260 Å². The van der Waals surface area contributed by atoms with Gasteiger partial charge in [-0.05, 0) is 25.0 Å². The van der Waals surface area contributed by atoms with Crippen LogP contribution in [0, 0.1) is 12.8 Å². The van der Waals surface area contributed by atoms with E-state index in [0.717, 1.165) is 12.1 Å². The molecular weight excluding hydrogens is 588 g/mol. The Morgan fingerprint density at radius 2 is 1.52 bits per heavy atom. The molecule has 1 saturated carbocycles. The number of aryl methyl sites for hydroxylation is 1. The van der Waals surface area contributed by atoms with Crippen molar-refractivity contribution >= 4 is 11.0 Å². The van der Waals surface area contributed by atoms with Gasteiger partial charge >= 0.3 is 0 Å². The van der Waals surface area contributed by atoms with E-state index in [0.29, 0.717) is 5.56 Å². The maximum atomic E-state index is 13.8. The van der Waals surface area contributed by atoms with Gasteiger partial charge in [-0.25, -0.2) is 0 Å². The second-order valence-electron chi connectivity index (χ2n) is 11.0. The lowest BCUT2D eigenvalue weighted by Gasteiger charge is -2.39. The third-order valence-corrected chi connectivity index (χ3v) is 8.08. The molecule has 0 bridgehead atoms.